The maximum absolute atomic E-state index is 11.9. The molecule has 0 spiro atoms. The van der Waals surface area contributed by atoms with Crippen LogP contribution in [0.25, 0.3) is 0 Å². The Labute approximate surface area is 115 Å². The van der Waals surface area contributed by atoms with Gasteiger partial charge in [0.15, 0.2) is 0 Å². The van der Waals surface area contributed by atoms with E-state index in [9.17, 15) is 9.90 Å². The Balaban J connectivity index is 2.86. The van der Waals surface area contributed by atoms with Crippen molar-refractivity contribution in [3.05, 3.63) is 28.8 Å². The minimum absolute atomic E-state index is 0.0688. The molecule has 0 unspecified atom stereocenters. The first kappa shape index (κ1) is 14.4. The van der Waals surface area contributed by atoms with Gasteiger partial charge in [-0.15, -0.1) is 23.2 Å². The summed E-state index contributed by atoms with van der Waals surface area (Å²) in [6.07, 6.45) is 0. The van der Waals surface area contributed by atoms with Crippen LogP contribution in [0.3, 0.4) is 0 Å². The first-order valence-corrected chi connectivity index (χ1v) is 6.29. The summed E-state index contributed by atoms with van der Waals surface area (Å²) in [7, 11) is 0. The van der Waals surface area contributed by atoms with E-state index in [1.807, 2.05) is 0 Å². The van der Waals surface area contributed by atoms with Gasteiger partial charge < -0.3 is 10.4 Å². The second-order valence-corrected chi connectivity index (χ2v) is 4.89. The molecule has 0 aliphatic heterocycles. The molecule has 2 N–H and O–H groups in total. The van der Waals surface area contributed by atoms with Crippen LogP contribution in [0.2, 0.25) is 5.02 Å². The van der Waals surface area contributed by atoms with E-state index in [0.29, 0.717) is 5.56 Å². The zero-order valence-electron chi connectivity index (χ0n) is 9.14. The van der Waals surface area contributed by atoms with Crippen LogP contribution in [0.15, 0.2) is 18.2 Å². The zero-order valence-corrected chi connectivity index (χ0v) is 11.4. The fourth-order valence-corrected chi connectivity index (χ4v) is 1.70. The summed E-state index contributed by atoms with van der Waals surface area (Å²) >= 11 is 17.2. The summed E-state index contributed by atoms with van der Waals surface area (Å²) in [5, 5.41) is 12.1. The van der Waals surface area contributed by atoms with Crippen molar-refractivity contribution in [2.45, 2.75) is 12.5 Å². The van der Waals surface area contributed by atoms with Gasteiger partial charge in [0.25, 0.3) is 5.91 Å². The second kappa shape index (κ2) is 5.80. The van der Waals surface area contributed by atoms with Crippen molar-refractivity contribution in [3.63, 3.8) is 0 Å². The number of phenolic OH excluding ortho intramolecular Hbond substituents is 1. The lowest BCUT2D eigenvalue weighted by molar-refractivity contribution is 0.0921. The Morgan fingerprint density at radius 1 is 1.41 bits per heavy atom. The van der Waals surface area contributed by atoms with Gasteiger partial charge >= 0.3 is 0 Å². The monoisotopic (exact) mass is 295 g/mol. The molecular weight excluding hydrogens is 284 g/mol. The van der Waals surface area contributed by atoms with Crippen LogP contribution in [0.4, 0.5) is 0 Å². The minimum atomic E-state index is -0.676. The number of carbonyl (C=O) groups excluding carboxylic acids is 1. The second-order valence-electron chi connectivity index (χ2n) is 3.95. The molecule has 0 bridgehead atoms. The SMILES string of the molecule is CC(CCl)(CCl)NC(=O)c1ccc(O)c(Cl)c1. The van der Waals surface area contributed by atoms with Gasteiger partial charge in [0.2, 0.25) is 0 Å². The maximum atomic E-state index is 11.9. The quantitative estimate of drug-likeness (QED) is 0.839. The third-order valence-corrected chi connectivity index (χ3v) is 3.70. The number of amides is 1. The first-order chi connectivity index (χ1) is 7.91. The van der Waals surface area contributed by atoms with Gasteiger partial charge in [0, 0.05) is 17.3 Å². The molecule has 0 fully saturated rings. The van der Waals surface area contributed by atoms with Gasteiger partial charge in [0.05, 0.1) is 10.6 Å². The maximum Gasteiger partial charge on any atom is 0.251 e. The summed E-state index contributed by atoms with van der Waals surface area (Å²) in [6.45, 7) is 1.74. The molecule has 1 amide bonds. The van der Waals surface area contributed by atoms with Gasteiger partial charge in [-0.05, 0) is 25.1 Å². The zero-order chi connectivity index (χ0) is 13.1. The van der Waals surface area contributed by atoms with Crippen LogP contribution in [0.1, 0.15) is 17.3 Å². The Morgan fingerprint density at radius 2 is 2.00 bits per heavy atom. The largest absolute Gasteiger partial charge is 0.506 e. The molecule has 0 heterocycles. The van der Waals surface area contributed by atoms with Crippen LogP contribution in [0, 0.1) is 0 Å². The van der Waals surface area contributed by atoms with Crippen LogP contribution in [-0.2, 0) is 0 Å². The highest BCUT2D eigenvalue weighted by Gasteiger charge is 2.25. The third kappa shape index (κ3) is 3.66. The smallest absolute Gasteiger partial charge is 0.251 e. The van der Waals surface area contributed by atoms with Crippen molar-refractivity contribution < 1.29 is 9.90 Å². The summed E-state index contributed by atoms with van der Waals surface area (Å²) in [6, 6.07) is 4.21. The van der Waals surface area contributed by atoms with Crippen molar-refractivity contribution >= 4 is 40.7 Å². The summed E-state index contributed by atoms with van der Waals surface area (Å²) in [4.78, 5) is 11.9. The van der Waals surface area contributed by atoms with E-state index in [1.54, 1.807) is 6.92 Å². The van der Waals surface area contributed by atoms with E-state index in [1.165, 1.54) is 18.2 Å². The number of hydrogen-bond donors (Lipinski definition) is 2. The number of phenols is 1. The predicted molar refractivity (Wildman–Crippen MR) is 70.4 cm³/mol. The van der Waals surface area contributed by atoms with Crippen LogP contribution < -0.4 is 5.32 Å². The average molecular weight is 297 g/mol. The summed E-state index contributed by atoms with van der Waals surface area (Å²) in [5.74, 6) is -0.00127. The third-order valence-electron chi connectivity index (χ3n) is 2.22. The fraction of sp³-hybridized carbons (Fsp3) is 0.364. The van der Waals surface area contributed by atoms with Crippen molar-refractivity contribution in [2.24, 2.45) is 0 Å². The molecule has 1 aromatic carbocycles. The molecule has 94 valence electrons. The van der Waals surface area contributed by atoms with E-state index < -0.39 is 5.54 Å². The lowest BCUT2D eigenvalue weighted by Gasteiger charge is -2.25. The van der Waals surface area contributed by atoms with Gasteiger partial charge in [-0.3, -0.25) is 4.79 Å². The highest BCUT2D eigenvalue weighted by molar-refractivity contribution is 6.32. The molecule has 0 saturated carbocycles. The molecule has 1 rings (SSSR count). The van der Waals surface area contributed by atoms with Gasteiger partial charge in [-0.1, -0.05) is 11.6 Å². The van der Waals surface area contributed by atoms with E-state index >= 15 is 0 Å². The standard InChI is InChI=1S/C11H12Cl3NO2/c1-11(5-12,6-13)15-10(17)7-2-3-9(16)8(14)4-7/h2-4,16H,5-6H2,1H3,(H,15,17). The highest BCUT2D eigenvalue weighted by Crippen LogP contribution is 2.24. The van der Waals surface area contributed by atoms with E-state index in [2.05, 4.69) is 5.32 Å². The summed E-state index contributed by atoms with van der Waals surface area (Å²) in [5.41, 5.74) is -0.334. The van der Waals surface area contributed by atoms with E-state index in [0.717, 1.165) is 0 Å². The van der Waals surface area contributed by atoms with E-state index in [-0.39, 0.29) is 28.4 Å². The van der Waals surface area contributed by atoms with Gasteiger partial charge in [-0.2, -0.15) is 0 Å². The van der Waals surface area contributed by atoms with Crippen molar-refractivity contribution in [3.8, 4) is 5.75 Å². The Morgan fingerprint density at radius 3 is 2.47 bits per heavy atom. The van der Waals surface area contributed by atoms with E-state index in [4.69, 9.17) is 34.8 Å². The van der Waals surface area contributed by atoms with Crippen LogP contribution in [0.5, 0.6) is 5.75 Å². The number of hydrogen-bond acceptors (Lipinski definition) is 2. The molecule has 0 saturated heterocycles. The molecule has 0 aromatic heterocycles. The molecule has 0 radical (unpaired) electrons. The number of aromatic hydroxyl groups is 1. The average Bonchev–Trinajstić information content (AvgIpc) is 2.32. The Kier molecular flexibility index (Phi) is 4.92. The number of halogens is 3. The number of alkyl halides is 2. The van der Waals surface area contributed by atoms with Crippen LogP contribution in [-0.4, -0.2) is 28.3 Å². The normalized spacial score (nSPS) is 11.3. The molecule has 3 nitrogen and oxygen atoms in total. The number of nitrogens with one attached hydrogen (secondary N) is 1. The molecule has 0 aliphatic rings. The number of rotatable bonds is 4. The number of carbonyl (C=O) groups is 1. The highest BCUT2D eigenvalue weighted by atomic mass is 35.5. The number of benzene rings is 1. The van der Waals surface area contributed by atoms with Gasteiger partial charge in [-0.25, -0.2) is 0 Å². The Bertz CT molecular complexity index is 419. The predicted octanol–water partition coefficient (Wildman–Crippen LogP) is 3.01. The first-order valence-electron chi connectivity index (χ1n) is 4.85. The Hall–Kier alpha value is -0.640. The topological polar surface area (TPSA) is 49.3 Å². The molecular formula is C11H12Cl3NO2. The van der Waals surface area contributed by atoms with Crippen LogP contribution >= 0.6 is 34.8 Å². The lowest BCUT2D eigenvalue weighted by atomic mass is 10.1. The molecule has 1 aromatic rings. The fourth-order valence-electron chi connectivity index (χ4n) is 1.10. The van der Waals surface area contributed by atoms with Crippen molar-refractivity contribution in [1.29, 1.82) is 0 Å². The molecule has 0 atom stereocenters. The molecule has 17 heavy (non-hydrogen) atoms. The summed E-state index contributed by atoms with van der Waals surface area (Å²) < 4.78 is 0. The molecule has 0 aliphatic carbocycles. The minimum Gasteiger partial charge on any atom is -0.506 e. The van der Waals surface area contributed by atoms with Crippen molar-refractivity contribution in [1.82, 2.24) is 5.32 Å². The van der Waals surface area contributed by atoms with Gasteiger partial charge in [0.1, 0.15) is 5.75 Å². The molecule has 6 heteroatoms. The van der Waals surface area contributed by atoms with Crippen molar-refractivity contribution in [2.75, 3.05) is 11.8 Å². The lowest BCUT2D eigenvalue weighted by Crippen LogP contribution is -2.49.